The average Bonchev–Trinajstić information content (AvgIpc) is 2.71. The van der Waals surface area contributed by atoms with Gasteiger partial charge in [0.25, 0.3) is 16.9 Å². The van der Waals surface area contributed by atoms with Crippen LogP contribution in [-0.2, 0) is 0 Å². The van der Waals surface area contributed by atoms with Crippen LogP contribution in [0.3, 0.4) is 0 Å². The van der Waals surface area contributed by atoms with Gasteiger partial charge in [-0.1, -0.05) is 0 Å². The highest BCUT2D eigenvalue weighted by Gasteiger charge is 2.18. The third-order valence-corrected chi connectivity index (χ3v) is 2.03. The molecule has 0 fully saturated rings. The van der Waals surface area contributed by atoms with Crippen LogP contribution in [0.4, 0.5) is 8.78 Å². The summed E-state index contributed by atoms with van der Waals surface area (Å²) in [5.74, 6) is -0.945. The Morgan fingerprint density at radius 3 is 2.69 bits per heavy atom. The van der Waals surface area contributed by atoms with E-state index in [1.54, 1.807) is 0 Å². The van der Waals surface area contributed by atoms with Crippen molar-refractivity contribution < 1.29 is 17.9 Å². The summed E-state index contributed by atoms with van der Waals surface area (Å²) in [4.78, 5) is 0. The molecular weight excluding hydrogens is 244 g/mol. The summed E-state index contributed by atoms with van der Waals surface area (Å²) in [6.07, 6.45) is -1.78. The number of aromatic nitrogens is 3. The molecule has 0 amide bonds. The van der Waals surface area contributed by atoms with Crippen LogP contribution in [0.2, 0.25) is 5.15 Å². The normalized spacial score (nSPS) is 11.0. The molecule has 0 saturated heterocycles. The lowest BCUT2D eigenvalue weighted by atomic mass is 10.3. The van der Waals surface area contributed by atoms with Crippen molar-refractivity contribution in [2.24, 2.45) is 0 Å². The molecule has 0 saturated carbocycles. The van der Waals surface area contributed by atoms with Crippen LogP contribution in [0, 0.1) is 5.21 Å². The second-order valence-electron chi connectivity index (χ2n) is 2.81. The number of halogens is 3. The van der Waals surface area contributed by atoms with Gasteiger partial charge in [-0.05, 0) is 17.7 Å². The molecule has 0 aromatic carbocycles. The minimum Gasteiger partial charge on any atom is -0.618 e. The highest BCUT2D eigenvalue weighted by molar-refractivity contribution is 6.28. The molecule has 0 aliphatic rings. The zero-order valence-electron chi connectivity index (χ0n) is 7.60. The number of pyridine rings is 1. The number of alkyl halides is 2. The van der Waals surface area contributed by atoms with Gasteiger partial charge in [0, 0.05) is 6.07 Å². The third-order valence-electron chi connectivity index (χ3n) is 1.74. The summed E-state index contributed by atoms with van der Waals surface area (Å²) in [5.41, 5.74) is 0.221. The molecule has 2 aromatic rings. The number of hydrogen-bond donors (Lipinski definition) is 0. The maximum Gasteiger partial charge on any atom is 0.314 e. The standard InChI is InChI=1S/C8H4ClF2N3O2/c9-5-2-1-4(3-14(5)15)7-12-13-8(16-7)6(10)11/h1-3,6H. The molecule has 0 aliphatic carbocycles. The van der Waals surface area contributed by atoms with E-state index < -0.39 is 12.3 Å². The summed E-state index contributed by atoms with van der Waals surface area (Å²) >= 11 is 5.49. The molecule has 2 rings (SSSR count). The van der Waals surface area contributed by atoms with Crippen LogP contribution in [-0.4, -0.2) is 10.2 Å². The molecule has 84 valence electrons. The van der Waals surface area contributed by atoms with Crippen molar-refractivity contribution in [3.05, 3.63) is 34.6 Å². The van der Waals surface area contributed by atoms with Crippen molar-refractivity contribution in [3.8, 4) is 11.5 Å². The zero-order chi connectivity index (χ0) is 11.7. The van der Waals surface area contributed by atoms with Crippen LogP contribution in [0.1, 0.15) is 12.3 Å². The fraction of sp³-hybridized carbons (Fsp3) is 0.125. The van der Waals surface area contributed by atoms with Crippen LogP contribution < -0.4 is 4.73 Å². The second kappa shape index (κ2) is 4.01. The summed E-state index contributed by atoms with van der Waals surface area (Å²) in [5, 5.41) is 17.6. The van der Waals surface area contributed by atoms with Gasteiger partial charge in [-0.25, -0.2) is 0 Å². The Morgan fingerprint density at radius 2 is 2.12 bits per heavy atom. The Balaban J connectivity index is 2.39. The van der Waals surface area contributed by atoms with Crippen molar-refractivity contribution in [2.75, 3.05) is 0 Å². The molecule has 0 N–H and O–H groups in total. The zero-order valence-corrected chi connectivity index (χ0v) is 8.36. The second-order valence-corrected chi connectivity index (χ2v) is 3.20. The fourth-order valence-corrected chi connectivity index (χ4v) is 1.14. The fourth-order valence-electron chi connectivity index (χ4n) is 1.03. The van der Waals surface area contributed by atoms with E-state index in [0.717, 1.165) is 6.20 Å². The van der Waals surface area contributed by atoms with E-state index in [9.17, 15) is 14.0 Å². The summed E-state index contributed by atoms with van der Waals surface area (Å²) in [6.45, 7) is 0. The molecule has 16 heavy (non-hydrogen) atoms. The molecule has 0 unspecified atom stereocenters. The van der Waals surface area contributed by atoms with Crippen LogP contribution in [0.15, 0.2) is 22.7 Å². The quantitative estimate of drug-likeness (QED) is 0.462. The molecule has 2 aromatic heterocycles. The molecule has 0 radical (unpaired) electrons. The SMILES string of the molecule is [O-][n+]1cc(-c2nnc(C(F)F)o2)ccc1Cl. The Labute approximate surface area is 92.9 Å². The van der Waals surface area contributed by atoms with Crippen LogP contribution in [0.25, 0.3) is 11.5 Å². The van der Waals surface area contributed by atoms with Crippen molar-refractivity contribution in [3.63, 3.8) is 0 Å². The van der Waals surface area contributed by atoms with E-state index >= 15 is 0 Å². The smallest absolute Gasteiger partial charge is 0.314 e. The van der Waals surface area contributed by atoms with Crippen molar-refractivity contribution in [2.45, 2.75) is 6.43 Å². The Morgan fingerprint density at radius 1 is 1.38 bits per heavy atom. The van der Waals surface area contributed by atoms with Gasteiger partial charge in [-0.2, -0.15) is 13.5 Å². The predicted molar refractivity (Wildman–Crippen MR) is 48.7 cm³/mol. The number of rotatable bonds is 2. The van der Waals surface area contributed by atoms with Gasteiger partial charge in [0.15, 0.2) is 6.20 Å². The van der Waals surface area contributed by atoms with Crippen LogP contribution >= 0.6 is 11.6 Å². The van der Waals surface area contributed by atoms with Gasteiger partial charge in [-0.3, -0.25) is 0 Å². The molecular formula is C8H4ClF2N3O2. The van der Waals surface area contributed by atoms with Gasteiger partial charge in [0.2, 0.25) is 0 Å². The summed E-state index contributed by atoms with van der Waals surface area (Å²) in [6, 6.07) is 2.72. The molecule has 0 atom stereocenters. The lowest BCUT2D eigenvalue weighted by Gasteiger charge is -1.98. The minimum atomic E-state index is -2.84. The largest absolute Gasteiger partial charge is 0.618 e. The highest BCUT2D eigenvalue weighted by Crippen LogP contribution is 2.22. The lowest BCUT2D eigenvalue weighted by Crippen LogP contribution is -2.26. The monoisotopic (exact) mass is 247 g/mol. The third kappa shape index (κ3) is 1.94. The van der Waals surface area contributed by atoms with Crippen molar-refractivity contribution in [1.29, 1.82) is 0 Å². The van der Waals surface area contributed by atoms with Crippen LogP contribution in [0.5, 0.6) is 0 Å². The molecule has 0 spiro atoms. The highest BCUT2D eigenvalue weighted by atomic mass is 35.5. The maximum atomic E-state index is 12.2. The first-order valence-electron chi connectivity index (χ1n) is 4.08. The van der Waals surface area contributed by atoms with E-state index in [2.05, 4.69) is 14.6 Å². The first-order valence-corrected chi connectivity index (χ1v) is 4.46. The minimum absolute atomic E-state index is 0.0441. The first-order chi connectivity index (χ1) is 7.58. The Hall–Kier alpha value is -1.76. The molecule has 5 nitrogen and oxygen atoms in total. The lowest BCUT2D eigenvalue weighted by molar-refractivity contribution is -0.602. The van der Waals surface area contributed by atoms with Gasteiger partial charge in [0.05, 0.1) is 0 Å². The van der Waals surface area contributed by atoms with E-state index in [1.807, 2.05) is 0 Å². The average molecular weight is 248 g/mol. The first kappa shape index (κ1) is 10.7. The van der Waals surface area contributed by atoms with E-state index in [0.29, 0.717) is 4.73 Å². The van der Waals surface area contributed by atoms with Crippen molar-refractivity contribution in [1.82, 2.24) is 10.2 Å². The van der Waals surface area contributed by atoms with Crippen molar-refractivity contribution >= 4 is 11.6 Å². The van der Waals surface area contributed by atoms with Gasteiger partial charge < -0.3 is 9.62 Å². The molecule has 0 bridgehead atoms. The molecule has 2 heterocycles. The molecule has 8 heteroatoms. The topological polar surface area (TPSA) is 65.9 Å². The molecule has 0 aliphatic heterocycles. The summed E-state index contributed by atoms with van der Waals surface area (Å²) in [7, 11) is 0. The van der Waals surface area contributed by atoms with E-state index in [1.165, 1.54) is 12.1 Å². The van der Waals surface area contributed by atoms with Gasteiger partial charge in [-0.15, -0.1) is 10.2 Å². The Bertz CT molecular complexity index is 518. The van der Waals surface area contributed by atoms with Gasteiger partial charge >= 0.3 is 6.43 Å². The summed E-state index contributed by atoms with van der Waals surface area (Å²) < 4.78 is 29.3. The van der Waals surface area contributed by atoms with Gasteiger partial charge in [0.1, 0.15) is 5.56 Å². The number of nitrogens with zero attached hydrogens (tertiary/aromatic N) is 3. The predicted octanol–water partition coefficient (Wildman–Crippen LogP) is 1.96. The van der Waals surface area contributed by atoms with E-state index in [4.69, 9.17) is 11.6 Å². The van der Waals surface area contributed by atoms with E-state index in [-0.39, 0.29) is 16.6 Å². The maximum absolute atomic E-state index is 12.2. The number of hydrogen-bond acceptors (Lipinski definition) is 4. The Kier molecular flexibility index (Phi) is 2.69.